The van der Waals surface area contributed by atoms with E-state index >= 15 is 0 Å². The first-order valence-corrected chi connectivity index (χ1v) is 17.6. The Bertz CT molecular complexity index is 2650. The van der Waals surface area contributed by atoms with E-state index in [9.17, 15) is 5.26 Å². The fourth-order valence-electron chi connectivity index (χ4n) is 7.90. The summed E-state index contributed by atoms with van der Waals surface area (Å²) in [6.45, 7) is 4.60. The van der Waals surface area contributed by atoms with Crippen molar-refractivity contribution in [1.82, 2.24) is 15.0 Å². The summed E-state index contributed by atoms with van der Waals surface area (Å²) in [4.78, 5) is 14.6. The SMILES string of the molecule is CC1(C)c2ccc(C#N)cc2Cc2cccc(-c3ccc(-c4ccc(-c5nc(-c6ccc(-c7ccccn7)cc6)c6ccccc6n5)cc4)cc3)c21. The molecule has 0 N–H and O–H groups in total. The molecule has 6 aromatic carbocycles. The molecule has 0 saturated heterocycles. The lowest BCUT2D eigenvalue weighted by Gasteiger charge is -2.37. The first-order chi connectivity index (χ1) is 25.5. The number of hydrogen-bond donors (Lipinski definition) is 0. The monoisotopic (exact) mass is 666 g/mol. The molecule has 1 aliphatic carbocycles. The van der Waals surface area contributed by atoms with E-state index in [4.69, 9.17) is 9.97 Å². The van der Waals surface area contributed by atoms with Crippen LogP contribution in [0.3, 0.4) is 0 Å². The fourth-order valence-corrected chi connectivity index (χ4v) is 7.90. The molecular formula is C48H34N4. The highest BCUT2D eigenvalue weighted by molar-refractivity contribution is 5.94. The van der Waals surface area contributed by atoms with E-state index in [1.807, 2.05) is 42.6 Å². The van der Waals surface area contributed by atoms with Gasteiger partial charge >= 0.3 is 0 Å². The van der Waals surface area contributed by atoms with E-state index in [0.29, 0.717) is 5.82 Å². The topological polar surface area (TPSA) is 62.5 Å². The van der Waals surface area contributed by atoms with Crippen LogP contribution in [0.2, 0.25) is 0 Å². The van der Waals surface area contributed by atoms with Crippen molar-refractivity contribution in [3.8, 4) is 62.2 Å². The number of fused-ring (bicyclic) bond motifs is 3. The molecule has 2 heterocycles. The summed E-state index contributed by atoms with van der Waals surface area (Å²) >= 11 is 0. The maximum absolute atomic E-state index is 9.49. The van der Waals surface area contributed by atoms with E-state index in [0.717, 1.165) is 62.1 Å². The molecule has 4 heteroatoms. The largest absolute Gasteiger partial charge is 0.256 e. The molecule has 0 spiro atoms. The van der Waals surface area contributed by atoms with Crippen LogP contribution >= 0.6 is 0 Å². The normalized spacial score (nSPS) is 12.9. The van der Waals surface area contributed by atoms with Gasteiger partial charge in [-0.05, 0) is 81.3 Å². The Morgan fingerprint density at radius 3 is 1.98 bits per heavy atom. The van der Waals surface area contributed by atoms with Gasteiger partial charge in [0.05, 0.1) is 28.5 Å². The molecule has 246 valence electrons. The van der Waals surface area contributed by atoms with Crippen LogP contribution < -0.4 is 0 Å². The van der Waals surface area contributed by atoms with Gasteiger partial charge in [-0.3, -0.25) is 4.98 Å². The summed E-state index contributed by atoms with van der Waals surface area (Å²) in [6, 6.07) is 55.1. The number of pyridine rings is 1. The summed E-state index contributed by atoms with van der Waals surface area (Å²) in [5, 5.41) is 10.5. The van der Waals surface area contributed by atoms with Crippen molar-refractivity contribution >= 4 is 10.9 Å². The zero-order valence-corrected chi connectivity index (χ0v) is 29.0. The lowest BCUT2D eigenvalue weighted by atomic mass is 9.66. The van der Waals surface area contributed by atoms with Crippen molar-refractivity contribution < 1.29 is 0 Å². The van der Waals surface area contributed by atoms with Crippen molar-refractivity contribution in [3.05, 3.63) is 186 Å². The molecule has 4 nitrogen and oxygen atoms in total. The summed E-state index contributed by atoms with van der Waals surface area (Å²) in [5.41, 5.74) is 16.4. The number of rotatable bonds is 5. The third-order valence-corrected chi connectivity index (χ3v) is 10.5. The molecule has 1 aliphatic rings. The third kappa shape index (κ3) is 5.44. The molecule has 9 rings (SSSR count). The van der Waals surface area contributed by atoms with Crippen LogP contribution in [0.4, 0.5) is 0 Å². The number of nitrogens with zero attached hydrogens (tertiary/aromatic N) is 4. The zero-order valence-electron chi connectivity index (χ0n) is 29.0. The van der Waals surface area contributed by atoms with Gasteiger partial charge in [0.15, 0.2) is 5.82 Å². The Morgan fingerprint density at radius 1 is 0.577 bits per heavy atom. The smallest absolute Gasteiger partial charge is 0.160 e. The predicted molar refractivity (Wildman–Crippen MR) is 211 cm³/mol. The predicted octanol–water partition coefficient (Wildman–Crippen LogP) is 11.5. The molecule has 52 heavy (non-hydrogen) atoms. The molecular weight excluding hydrogens is 633 g/mol. The lowest BCUT2D eigenvalue weighted by Crippen LogP contribution is -2.28. The van der Waals surface area contributed by atoms with Gasteiger partial charge in [0.2, 0.25) is 0 Å². The number of hydrogen-bond acceptors (Lipinski definition) is 4. The molecule has 0 radical (unpaired) electrons. The molecule has 0 bridgehead atoms. The van der Waals surface area contributed by atoms with Crippen molar-refractivity contribution in [2.24, 2.45) is 0 Å². The van der Waals surface area contributed by atoms with Gasteiger partial charge in [-0.2, -0.15) is 5.26 Å². The van der Waals surface area contributed by atoms with Gasteiger partial charge < -0.3 is 0 Å². The zero-order chi connectivity index (χ0) is 35.2. The minimum absolute atomic E-state index is 0.185. The number of nitriles is 1. The molecule has 0 fully saturated rings. The molecule has 0 amide bonds. The Labute approximate surface area is 303 Å². The Morgan fingerprint density at radius 2 is 1.25 bits per heavy atom. The van der Waals surface area contributed by atoms with Crippen LogP contribution in [-0.2, 0) is 11.8 Å². The Balaban J connectivity index is 1.01. The molecule has 0 unspecified atom stereocenters. The first-order valence-electron chi connectivity index (χ1n) is 17.6. The molecule has 0 aliphatic heterocycles. The van der Waals surface area contributed by atoms with Crippen molar-refractivity contribution in [2.45, 2.75) is 25.7 Å². The summed E-state index contributed by atoms with van der Waals surface area (Å²) in [7, 11) is 0. The highest BCUT2D eigenvalue weighted by Crippen LogP contribution is 2.46. The van der Waals surface area contributed by atoms with E-state index in [2.05, 4.69) is 140 Å². The minimum Gasteiger partial charge on any atom is -0.256 e. The molecule has 0 atom stereocenters. The second-order valence-electron chi connectivity index (χ2n) is 14.0. The van der Waals surface area contributed by atoms with E-state index in [-0.39, 0.29) is 5.41 Å². The number of aromatic nitrogens is 3. The van der Waals surface area contributed by atoms with Gasteiger partial charge in [-0.15, -0.1) is 0 Å². The van der Waals surface area contributed by atoms with Gasteiger partial charge in [0.25, 0.3) is 0 Å². The Kier molecular flexibility index (Phi) is 7.56. The van der Waals surface area contributed by atoms with Crippen LogP contribution in [0, 0.1) is 11.3 Å². The van der Waals surface area contributed by atoms with E-state index < -0.39 is 0 Å². The van der Waals surface area contributed by atoms with Gasteiger partial charge in [-0.1, -0.05) is 135 Å². The highest BCUT2D eigenvalue weighted by Gasteiger charge is 2.34. The lowest BCUT2D eigenvalue weighted by molar-refractivity contribution is 0.612. The van der Waals surface area contributed by atoms with Crippen LogP contribution in [0.15, 0.2) is 158 Å². The third-order valence-electron chi connectivity index (χ3n) is 10.5. The minimum atomic E-state index is -0.185. The fraction of sp³-hybridized carbons (Fsp3) is 0.0833. The van der Waals surface area contributed by atoms with Gasteiger partial charge in [0.1, 0.15) is 0 Å². The van der Waals surface area contributed by atoms with Gasteiger partial charge in [-0.25, -0.2) is 9.97 Å². The summed E-state index contributed by atoms with van der Waals surface area (Å²) in [6.07, 6.45) is 2.65. The molecule has 0 saturated carbocycles. The quantitative estimate of drug-likeness (QED) is 0.183. The second-order valence-corrected chi connectivity index (χ2v) is 14.0. The summed E-state index contributed by atoms with van der Waals surface area (Å²) in [5.74, 6) is 0.700. The van der Waals surface area contributed by atoms with Gasteiger partial charge in [0, 0.05) is 33.7 Å². The average molecular weight is 667 g/mol. The van der Waals surface area contributed by atoms with E-state index in [1.165, 1.54) is 33.4 Å². The second kappa shape index (κ2) is 12.6. The standard InChI is InChI=1S/C48H34N4/c1-48(2)42-26-13-31(30-49)28-39(42)29-38-8-7-10-40(45(38)48)34-18-14-32(15-19-34)33-16-24-37(25-17-33)47-51-44-12-4-3-9-41(44)46(52-47)36-22-20-35(21-23-36)43-11-5-6-27-50-43/h3-28H,29H2,1-2H3. The summed E-state index contributed by atoms with van der Waals surface area (Å²) < 4.78 is 0. The maximum atomic E-state index is 9.49. The van der Waals surface area contributed by atoms with Crippen LogP contribution in [-0.4, -0.2) is 15.0 Å². The number of para-hydroxylation sites is 1. The highest BCUT2D eigenvalue weighted by atomic mass is 14.9. The van der Waals surface area contributed by atoms with Crippen molar-refractivity contribution in [3.63, 3.8) is 0 Å². The number of benzene rings is 6. The maximum Gasteiger partial charge on any atom is 0.160 e. The molecule has 2 aromatic heterocycles. The van der Waals surface area contributed by atoms with E-state index in [1.54, 1.807) is 0 Å². The van der Waals surface area contributed by atoms with Crippen molar-refractivity contribution in [2.75, 3.05) is 0 Å². The van der Waals surface area contributed by atoms with Crippen LogP contribution in [0.25, 0.3) is 67.1 Å². The van der Waals surface area contributed by atoms with Crippen LogP contribution in [0.5, 0.6) is 0 Å². The van der Waals surface area contributed by atoms with Crippen molar-refractivity contribution in [1.29, 1.82) is 5.26 Å². The molecule has 8 aromatic rings. The van der Waals surface area contributed by atoms with Crippen LogP contribution in [0.1, 0.15) is 41.7 Å². The average Bonchev–Trinajstić information content (AvgIpc) is 3.20. The first kappa shape index (κ1) is 31.3. The Hall–Kier alpha value is -6.70.